The summed E-state index contributed by atoms with van der Waals surface area (Å²) in [6, 6.07) is 5.23. The van der Waals surface area contributed by atoms with Gasteiger partial charge in [-0.25, -0.2) is 4.79 Å². The molecule has 1 rings (SSSR count). The minimum atomic E-state index is -0.625. The van der Waals surface area contributed by atoms with Crippen LogP contribution in [0.25, 0.3) is 0 Å². The Bertz CT molecular complexity index is 460. The first-order valence-corrected chi connectivity index (χ1v) is 7.30. The zero-order valence-corrected chi connectivity index (χ0v) is 13.2. The quantitative estimate of drug-likeness (QED) is 0.747. The van der Waals surface area contributed by atoms with Gasteiger partial charge in [0.1, 0.15) is 11.5 Å². The van der Waals surface area contributed by atoms with E-state index in [-0.39, 0.29) is 12.0 Å². The van der Waals surface area contributed by atoms with Crippen LogP contribution in [0.1, 0.15) is 45.2 Å². The minimum Gasteiger partial charge on any atom is -0.497 e. The molecule has 0 amide bonds. The Hall–Kier alpha value is -1.75. The molecule has 0 bridgehead atoms. The van der Waals surface area contributed by atoms with Crippen LogP contribution in [-0.4, -0.2) is 25.8 Å². The number of hydrogen-bond acceptors (Lipinski definition) is 5. The van der Waals surface area contributed by atoms with E-state index in [1.54, 1.807) is 20.1 Å². The average Bonchev–Trinajstić information content (AvgIpc) is 2.46. The van der Waals surface area contributed by atoms with Crippen molar-refractivity contribution in [3.05, 3.63) is 23.8 Å². The fourth-order valence-electron chi connectivity index (χ4n) is 2.00. The lowest BCUT2D eigenvalue weighted by atomic mass is 10.1. The van der Waals surface area contributed by atoms with Crippen LogP contribution in [0.3, 0.4) is 0 Å². The van der Waals surface area contributed by atoms with E-state index in [0.29, 0.717) is 24.5 Å². The largest absolute Gasteiger partial charge is 0.497 e. The van der Waals surface area contributed by atoms with Gasteiger partial charge < -0.3 is 19.9 Å². The maximum atomic E-state index is 12.0. The normalized spacial score (nSPS) is 13.4. The van der Waals surface area contributed by atoms with Crippen LogP contribution < -0.4 is 15.2 Å². The highest BCUT2D eigenvalue weighted by molar-refractivity contribution is 5.75. The third kappa shape index (κ3) is 4.93. The second-order valence-electron chi connectivity index (χ2n) is 4.84. The fraction of sp³-hybridized carbons (Fsp3) is 0.562. The van der Waals surface area contributed by atoms with Crippen molar-refractivity contribution in [1.82, 2.24) is 0 Å². The SMILES string of the molecule is CCCC(Oc1cc(OC)ccc1C(C)N)C(=O)OCC. The third-order valence-electron chi connectivity index (χ3n) is 3.08. The Morgan fingerprint density at radius 3 is 2.57 bits per heavy atom. The van der Waals surface area contributed by atoms with E-state index in [1.807, 2.05) is 26.0 Å². The van der Waals surface area contributed by atoms with E-state index in [9.17, 15) is 4.79 Å². The highest BCUT2D eigenvalue weighted by Crippen LogP contribution is 2.30. The Balaban J connectivity index is 3.02. The molecule has 21 heavy (non-hydrogen) atoms. The maximum Gasteiger partial charge on any atom is 0.347 e. The zero-order chi connectivity index (χ0) is 15.8. The summed E-state index contributed by atoms with van der Waals surface area (Å²) in [6.07, 6.45) is 0.787. The van der Waals surface area contributed by atoms with Crippen LogP contribution in [0, 0.1) is 0 Å². The van der Waals surface area contributed by atoms with E-state index < -0.39 is 6.10 Å². The van der Waals surface area contributed by atoms with Crippen molar-refractivity contribution >= 4 is 5.97 Å². The van der Waals surface area contributed by atoms with Crippen molar-refractivity contribution in [2.24, 2.45) is 5.73 Å². The molecule has 0 fully saturated rings. The molecule has 0 aliphatic rings. The van der Waals surface area contributed by atoms with E-state index in [0.717, 1.165) is 12.0 Å². The molecule has 5 nitrogen and oxygen atoms in total. The predicted molar refractivity (Wildman–Crippen MR) is 81.6 cm³/mol. The van der Waals surface area contributed by atoms with Crippen molar-refractivity contribution in [2.75, 3.05) is 13.7 Å². The fourth-order valence-corrected chi connectivity index (χ4v) is 2.00. The molecule has 0 aliphatic heterocycles. The van der Waals surface area contributed by atoms with Crippen molar-refractivity contribution < 1.29 is 19.0 Å². The van der Waals surface area contributed by atoms with Crippen LogP contribution in [0.4, 0.5) is 0 Å². The average molecular weight is 295 g/mol. The molecule has 0 aromatic heterocycles. The lowest BCUT2D eigenvalue weighted by Gasteiger charge is -2.21. The lowest BCUT2D eigenvalue weighted by Crippen LogP contribution is -2.30. The molecule has 0 aliphatic carbocycles. The van der Waals surface area contributed by atoms with Gasteiger partial charge in [0.05, 0.1) is 13.7 Å². The Morgan fingerprint density at radius 1 is 1.33 bits per heavy atom. The zero-order valence-electron chi connectivity index (χ0n) is 13.2. The number of nitrogens with two attached hydrogens (primary N) is 1. The molecular formula is C16H25NO4. The van der Waals surface area contributed by atoms with E-state index in [1.165, 1.54) is 0 Å². The molecule has 0 heterocycles. The van der Waals surface area contributed by atoms with Gasteiger partial charge in [-0.1, -0.05) is 19.4 Å². The topological polar surface area (TPSA) is 70.8 Å². The summed E-state index contributed by atoms with van der Waals surface area (Å²) >= 11 is 0. The predicted octanol–water partition coefficient (Wildman–Crippen LogP) is 2.83. The summed E-state index contributed by atoms with van der Waals surface area (Å²) in [6.45, 7) is 5.97. The monoisotopic (exact) mass is 295 g/mol. The smallest absolute Gasteiger partial charge is 0.347 e. The summed E-state index contributed by atoms with van der Waals surface area (Å²) in [4.78, 5) is 12.0. The molecule has 1 aromatic carbocycles. The molecular weight excluding hydrogens is 270 g/mol. The Labute approximate surface area is 126 Å². The lowest BCUT2D eigenvalue weighted by molar-refractivity contribution is -0.151. The second-order valence-corrected chi connectivity index (χ2v) is 4.84. The van der Waals surface area contributed by atoms with Gasteiger partial charge in [-0.15, -0.1) is 0 Å². The van der Waals surface area contributed by atoms with Gasteiger partial charge >= 0.3 is 5.97 Å². The van der Waals surface area contributed by atoms with E-state index >= 15 is 0 Å². The molecule has 5 heteroatoms. The minimum absolute atomic E-state index is 0.199. The first kappa shape index (κ1) is 17.3. The molecule has 0 saturated carbocycles. The van der Waals surface area contributed by atoms with Crippen molar-refractivity contribution in [1.29, 1.82) is 0 Å². The van der Waals surface area contributed by atoms with Crippen LogP contribution in [-0.2, 0) is 9.53 Å². The third-order valence-corrected chi connectivity index (χ3v) is 3.08. The summed E-state index contributed by atoms with van der Waals surface area (Å²) in [7, 11) is 1.58. The van der Waals surface area contributed by atoms with Crippen LogP contribution >= 0.6 is 0 Å². The molecule has 2 unspecified atom stereocenters. The molecule has 0 spiro atoms. The highest BCUT2D eigenvalue weighted by atomic mass is 16.6. The molecule has 1 aromatic rings. The number of carbonyl (C=O) groups excluding carboxylic acids is 1. The number of benzene rings is 1. The first-order valence-electron chi connectivity index (χ1n) is 7.30. The number of rotatable bonds is 8. The number of hydrogen-bond donors (Lipinski definition) is 1. The maximum absolute atomic E-state index is 12.0. The summed E-state index contributed by atoms with van der Waals surface area (Å²) in [5.74, 6) is 0.877. The summed E-state index contributed by atoms with van der Waals surface area (Å²) in [5, 5.41) is 0. The standard InChI is InChI=1S/C16H25NO4/c1-5-7-14(16(18)20-6-2)21-15-10-12(19-4)8-9-13(15)11(3)17/h8-11,14H,5-7,17H2,1-4H3. The van der Waals surface area contributed by atoms with Gasteiger partial charge in [-0.3, -0.25) is 0 Å². The second kappa shape index (κ2) is 8.52. The molecule has 2 atom stereocenters. The van der Waals surface area contributed by atoms with Gasteiger partial charge in [-0.2, -0.15) is 0 Å². The van der Waals surface area contributed by atoms with E-state index in [2.05, 4.69) is 0 Å². The Kier molecular flexibility index (Phi) is 7.02. The molecule has 2 N–H and O–H groups in total. The van der Waals surface area contributed by atoms with Gasteiger partial charge in [0.15, 0.2) is 6.10 Å². The summed E-state index contributed by atoms with van der Waals surface area (Å²) < 4.78 is 16.1. The molecule has 0 saturated heterocycles. The number of esters is 1. The highest BCUT2D eigenvalue weighted by Gasteiger charge is 2.23. The van der Waals surface area contributed by atoms with Gasteiger partial charge in [0, 0.05) is 17.7 Å². The van der Waals surface area contributed by atoms with Crippen molar-refractivity contribution in [3.63, 3.8) is 0 Å². The van der Waals surface area contributed by atoms with Crippen LogP contribution in [0.2, 0.25) is 0 Å². The number of carbonyl (C=O) groups is 1. The van der Waals surface area contributed by atoms with Gasteiger partial charge in [-0.05, 0) is 26.3 Å². The molecule has 0 radical (unpaired) electrons. The van der Waals surface area contributed by atoms with Crippen molar-refractivity contribution in [3.8, 4) is 11.5 Å². The van der Waals surface area contributed by atoms with Crippen LogP contribution in [0.5, 0.6) is 11.5 Å². The summed E-state index contributed by atoms with van der Waals surface area (Å²) in [5.41, 5.74) is 6.79. The van der Waals surface area contributed by atoms with Gasteiger partial charge in [0.2, 0.25) is 0 Å². The first-order chi connectivity index (χ1) is 10.0. The Morgan fingerprint density at radius 2 is 2.05 bits per heavy atom. The van der Waals surface area contributed by atoms with Crippen LogP contribution in [0.15, 0.2) is 18.2 Å². The number of methoxy groups -OCH3 is 1. The van der Waals surface area contributed by atoms with E-state index in [4.69, 9.17) is 19.9 Å². The van der Waals surface area contributed by atoms with Crippen molar-refractivity contribution in [2.45, 2.75) is 45.8 Å². The van der Waals surface area contributed by atoms with Gasteiger partial charge in [0.25, 0.3) is 0 Å². The molecule has 118 valence electrons. The number of ether oxygens (including phenoxy) is 3.